The molecular formula is C17H24N4OS. The number of benzene rings is 1. The van der Waals surface area contributed by atoms with Gasteiger partial charge in [-0.1, -0.05) is 17.4 Å². The Balaban J connectivity index is 1.67. The van der Waals surface area contributed by atoms with E-state index >= 15 is 0 Å². The molecule has 2 amide bonds. The van der Waals surface area contributed by atoms with Crippen molar-refractivity contribution in [3.05, 3.63) is 23.8 Å². The Hall–Kier alpha value is -1.82. The summed E-state index contributed by atoms with van der Waals surface area (Å²) in [6.45, 7) is 4.02. The van der Waals surface area contributed by atoms with E-state index in [9.17, 15) is 4.79 Å². The number of rotatable bonds is 2. The molecule has 1 aromatic heterocycles. The first-order chi connectivity index (χ1) is 11.0. The van der Waals surface area contributed by atoms with Gasteiger partial charge in [0.2, 0.25) is 0 Å². The van der Waals surface area contributed by atoms with Crippen molar-refractivity contribution in [3.8, 4) is 0 Å². The maximum absolute atomic E-state index is 12.1. The van der Waals surface area contributed by atoms with Crippen molar-refractivity contribution < 1.29 is 4.79 Å². The van der Waals surface area contributed by atoms with Crippen LogP contribution in [0.5, 0.6) is 0 Å². The molecule has 0 aliphatic carbocycles. The van der Waals surface area contributed by atoms with Crippen LogP contribution in [-0.2, 0) is 0 Å². The molecule has 0 unspecified atom stereocenters. The summed E-state index contributed by atoms with van der Waals surface area (Å²) in [5, 5.41) is 1.10. The third-order valence-electron chi connectivity index (χ3n) is 4.50. The summed E-state index contributed by atoms with van der Waals surface area (Å²) >= 11 is 1.76. The first-order valence-electron chi connectivity index (χ1n) is 8.02. The van der Waals surface area contributed by atoms with Gasteiger partial charge in [0, 0.05) is 40.3 Å². The van der Waals surface area contributed by atoms with Gasteiger partial charge in [-0.25, -0.2) is 9.78 Å². The van der Waals surface area contributed by atoms with E-state index in [0.29, 0.717) is 6.04 Å². The highest BCUT2D eigenvalue weighted by Crippen LogP contribution is 2.31. The molecule has 0 atom stereocenters. The van der Waals surface area contributed by atoms with E-state index in [1.54, 1.807) is 30.3 Å². The molecule has 1 fully saturated rings. The number of urea groups is 1. The van der Waals surface area contributed by atoms with Crippen LogP contribution in [0.4, 0.5) is 9.93 Å². The van der Waals surface area contributed by atoms with Crippen molar-refractivity contribution in [2.45, 2.75) is 25.8 Å². The zero-order chi connectivity index (χ0) is 16.6. The van der Waals surface area contributed by atoms with Crippen LogP contribution < -0.4 is 4.90 Å². The Morgan fingerprint density at radius 2 is 1.96 bits per heavy atom. The van der Waals surface area contributed by atoms with E-state index < -0.39 is 0 Å². The summed E-state index contributed by atoms with van der Waals surface area (Å²) in [6.07, 6.45) is 1.98. The number of hydrogen-bond acceptors (Lipinski definition) is 4. The lowest BCUT2D eigenvalue weighted by molar-refractivity contribution is 0.155. The third-order valence-corrected chi connectivity index (χ3v) is 5.58. The number of piperidine rings is 1. The van der Waals surface area contributed by atoms with Gasteiger partial charge in [-0.3, -0.25) is 0 Å². The van der Waals surface area contributed by atoms with Crippen molar-refractivity contribution in [2.24, 2.45) is 0 Å². The van der Waals surface area contributed by atoms with Gasteiger partial charge in [0.05, 0.1) is 10.2 Å². The van der Waals surface area contributed by atoms with Gasteiger partial charge in [-0.15, -0.1) is 0 Å². The molecule has 0 radical (unpaired) electrons. The molecule has 2 heterocycles. The zero-order valence-electron chi connectivity index (χ0n) is 14.2. The molecule has 1 saturated heterocycles. The molecule has 23 heavy (non-hydrogen) atoms. The van der Waals surface area contributed by atoms with Gasteiger partial charge >= 0.3 is 6.03 Å². The molecule has 1 aliphatic rings. The maximum atomic E-state index is 12.1. The second-order valence-corrected chi connectivity index (χ2v) is 7.48. The molecular weight excluding hydrogens is 308 g/mol. The SMILES string of the molecule is Cc1ccc2nc(N3CCC(N(C)C(=O)N(C)C)CC3)sc2c1. The van der Waals surface area contributed by atoms with Crippen LogP contribution in [0, 0.1) is 6.92 Å². The maximum Gasteiger partial charge on any atom is 0.319 e. The number of aryl methyl sites for hydroxylation is 1. The fourth-order valence-electron chi connectivity index (χ4n) is 3.07. The number of carbonyl (C=O) groups excluding carboxylic acids is 1. The number of nitrogens with zero attached hydrogens (tertiary/aromatic N) is 4. The quantitative estimate of drug-likeness (QED) is 0.848. The highest BCUT2D eigenvalue weighted by molar-refractivity contribution is 7.22. The number of carbonyl (C=O) groups is 1. The van der Waals surface area contributed by atoms with Crippen molar-refractivity contribution in [1.29, 1.82) is 0 Å². The summed E-state index contributed by atoms with van der Waals surface area (Å²) in [5.41, 5.74) is 2.35. The third kappa shape index (κ3) is 3.27. The fourth-order valence-corrected chi connectivity index (χ4v) is 4.19. The van der Waals surface area contributed by atoms with Crippen molar-refractivity contribution in [1.82, 2.24) is 14.8 Å². The molecule has 1 aromatic carbocycles. The van der Waals surface area contributed by atoms with Gasteiger partial charge in [0.1, 0.15) is 0 Å². The van der Waals surface area contributed by atoms with Gasteiger partial charge in [-0.2, -0.15) is 0 Å². The number of thiazole rings is 1. The van der Waals surface area contributed by atoms with E-state index in [2.05, 4.69) is 30.0 Å². The van der Waals surface area contributed by atoms with E-state index in [1.165, 1.54) is 10.3 Å². The zero-order valence-corrected chi connectivity index (χ0v) is 15.1. The average Bonchev–Trinajstić information content (AvgIpc) is 2.96. The normalized spacial score (nSPS) is 15.9. The summed E-state index contributed by atoms with van der Waals surface area (Å²) < 4.78 is 1.25. The topological polar surface area (TPSA) is 39.7 Å². The van der Waals surface area contributed by atoms with Crippen LogP contribution in [0.3, 0.4) is 0 Å². The Morgan fingerprint density at radius 3 is 2.61 bits per heavy atom. The number of amides is 2. The van der Waals surface area contributed by atoms with Crippen LogP contribution in [0.2, 0.25) is 0 Å². The second kappa shape index (κ2) is 6.35. The molecule has 0 saturated carbocycles. The monoisotopic (exact) mass is 332 g/mol. The Bertz CT molecular complexity index is 704. The minimum atomic E-state index is 0.0823. The molecule has 2 aromatic rings. The highest BCUT2D eigenvalue weighted by Gasteiger charge is 2.27. The molecule has 3 rings (SSSR count). The summed E-state index contributed by atoms with van der Waals surface area (Å²) in [4.78, 5) is 22.7. The Labute approximate surface area is 141 Å². The standard InChI is InChI=1S/C17H24N4OS/c1-12-5-6-14-15(11-12)23-16(18-14)21-9-7-13(8-10-21)20(4)17(22)19(2)3/h5-6,11,13H,7-10H2,1-4H3. The van der Waals surface area contributed by atoms with E-state index in [1.807, 2.05) is 11.9 Å². The minimum absolute atomic E-state index is 0.0823. The van der Waals surface area contributed by atoms with Crippen molar-refractivity contribution in [3.63, 3.8) is 0 Å². The van der Waals surface area contributed by atoms with Gasteiger partial charge < -0.3 is 14.7 Å². The summed E-state index contributed by atoms with van der Waals surface area (Å²) in [7, 11) is 5.51. The number of aromatic nitrogens is 1. The van der Waals surface area contributed by atoms with E-state index in [4.69, 9.17) is 4.98 Å². The molecule has 1 aliphatic heterocycles. The fraction of sp³-hybridized carbons (Fsp3) is 0.529. The first-order valence-corrected chi connectivity index (χ1v) is 8.83. The summed E-state index contributed by atoms with van der Waals surface area (Å²) in [5.74, 6) is 0. The van der Waals surface area contributed by atoms with Gasteiger partial charge in [0.25, 0.3) is 0 Å². The van der Waals surface area contributed by atoms with Crippen LogP contribution in [-0.4, -0.2) is 61.1 Å². The molecule has 0 spiro atoms. The highest BCUT2D eigenvalue weighted by atomic mass is 32.1. The number of anilines is 1. The lowest BCUT2D eigenvalue weighted by atomic mass is 10.0. The molecule has 5 nitrogen and oxygen atoms in total. The van der Waals surface area contributed by atoms with Crippen molar-refractivity contribution in [2.75, 3.05) is 39.1 Å². The van der Waals surface area contributed by atoms with Crippen LogP contribution in [0.1, 0.15) is 18.4 Å². The van der Waals surface area contributed by atoms with E-state index in [0.717, 1.165) is 36.6 Å². The Morgan fingerprint density at radius 1 is 1.26 bits per heavy atom. The lowest BCUT2D eigenvalue weighted by Crippen LogP contribution is -2.48. The van der Waals surface area contributed by atoms with Crippen LogP contribution in [0.15, 0.2) is 18.2 Å². The Kier molecular flexibility index (Phi) is 4.43. The lowest BCUT2D eigenvalue weighted by Gasteiger charge is -2.37. The number of fused-ring (bicyclic) bond motifs is 1. The molecule has 0 N–H and O–H groups in total. The van der Waals surface area contributed by atoms with Crippen LogP contribution >= 0.6 is 11.3 Å². The predicted octanol–water partition coefficient (Wildman–Crippen LogP) is 3.19. The molecule has 6 heteroatoms. The van der Waals surface area contributed by atoms with Gasteiger partial charge in [-0.05, 0) is 37.5 Å². The van der Waals surface area contributed by atoms with E-state index in [-0.39, 0.29) is 6.03 Å². The second-order valence-electron chi connectivity index (χ2n) is 6.47. The average molecular weight is 332 g/mol. The molecule has 0 bridgehead atoms. The van der Waals surface area contributed by atoms with Gasteiger partial charge in [0.15, 0.2) is 5.13 Å². The largest absolute Gasteiger partial charge is 0.348 e. The first kappa shape index (κ1) is 16.1. The summed E-state index contributed by atoms with van der Waals surface area (Å²) in [6, 6.07) is 6.81. The molecule has 124 valence electrons. The van der Waals surface area contributed by atoms with Crippen LogP contribution in [0.25, 0.3) is 10.2 Å². The predicted molar refractivity (Wildman–Crippen MR) is 96.4 cm³/mol. The van der Waals surface area contributed by atoms with Crippen molar-refractivity contribution >= 4 is 32.7 Å². The number of hydrogen-bond donors (Lipinski definition) is 0. The smallest absolute Gasteiger partial charge is 0.319 e. The minimum Gasteiger partial charge on any atom is -0.348 e.